The number of rotatable bonds is 10. The van der Waals surface area contributed by atoms with Gasteiger partial charge in [0, 0.05) is 42.2 Å². The lowest BCUT2D eigenvalue weighted by Crippen LogP contribution is -2.58. The van der Waals surface area contributed by atoms with Gasteiger partial charge in [-0.3, -0.25) is 19.1 Å². The third-order valence-electron chi connectivity index (χ3n) is 10.6. The van der Waals surface area contributed by atoms with Gasteiger partial charge in [-0.05, 0) is 90.0 Å². The zero-order chi connectivity index (χ0) is 43.0. The molecule has 0 radical (unpaired) electrons. The number of sulfonamides is 1. The van der Waals surface area contributed by atoms with E-state index in [4.69, 9.17) is 28.9 Å². The van der Waals surface area contributed by atoms with Gasteiger partial charge in [-0.2, -0.15) is 0 Å². The van der Waals surface area contributed by atoms with Crippen LogP contribution in [0.4, 0.5) is 9.93 Å². The first-order valence-electron chi connectivity index (χ1n) is 20.2. The van der Waals surface area contributed by atoms with E-state index in [1.165, 1.54) is 16.2 Å². The highest BCUT2D eigenvalue weighted by molar-refractivity contribution is 7.91. The third kappa shape index (κ3) is 9.95. The highest BCUT2D eigenvalue weighted by atomic mass is 32.2. The van der Waals surface area contributed by atoms with Gasteiger partial charge < -0.3 is 39.8 Å². The highest BCUT2D eigenvalue weighted by Crippen LogP contribution is 2.46. The fourth-order valence-electron chi connectivity index (χ4n) is 7.38. The lowest BCUT2D eigenvalue weighted by atomic mass is 10.1. The summed E-state index contributed by atoms with van der Waals surface area (Å²) in [4.78, 5) is 67.1. The smallest absolute Gasteiger partial charge is 0.408 e. The molecule has 2 aliphatic heterocycles. The number of anilines is 1. The number of thiazole rings is 1. The molecule has 3 aromatic rings. The highest BCUT2D eigenvalue weighted by Gasteiger charge is 2.62. The lowest BCUT2D eigenvalue weighted by molar-refractivity contribution is -0.141. The van der Waals surface area contributed by atoms with Crippen molar-refractivity contribution in [2.45, 2.75) is 114 Å². The average molecular weight is 868 g/mol. The van der Waals surface area contributed by atoms with Crippen LogP contribution in [-0.2, 0) is 33.9 Å². The Kier molecular flexibility index (Phi) is 12.3. The second-order valence-corrected chi connectivity index (χ2v) is 19.8. The number of benzene rings is 1. The number of alkyl carbamates (subject to hydrolysis) is 1. The van der Waals surface area contributed by atoms with Crippen molar-refractivity contribution in [3.8, 4) is 23.0 Å². The van der Waals surface area contributed by atoms with Crippen molar-refractivity contribution in [1.82, 2.24) is 30.2 Å². The molecule has 324 valence electrons. The molecule has 3 fully saturated rings. The number of methoxy groups -OCH3 is 1. The molecule has 0 bridgehead atoms. The number of nitrogens with zero attached hydrogens (tertiary/aromatic N) is 3. The maximum absolute atomic E-state index is 14.6. The van der Waals surface area contributed by atoms with Crippen LogP contribution in [0.25, 0.3) is 22.2 Å². The van der Waals surface area contributed by atoms with Gasteiger partial charge in [-0.1, -0.05) is 12.2 Å². The van der Waals surface area contributed by atoms with Crippen molar-refractivity contribution in [2.75, 3.05) is 32.2 Å². The summed E-state index contributed by atoms with van der Waals surface area (Å²) in [5.41, 5.74) is -1.28. The number of carbonyl (C=O) groups excluding carboxylic acids is 4. The number of fused-ring (bicyclic) bond motifs is 3. The Labute approximate surface area is 353 Å². The summed E-state index contributed by atoms with van der Waals surface area (Å²) in [6, 6.07) is 5.16. The van der Waals surface area contributed by atoms with Crippen molar-refractivity contribution in [3.63, 3.8) is 0 Å². The number of hydrogen-bond acceptors (Lipinski definition) is 14. The molecule has 1 aromatic carbocycles. The topological polar surface area (TPSA) is 216 Å². The number of amides is 4. The average Bonchev–Trinajstić information content (AvgIpc) is 4.06. The number of aromatic nitrogens is 2. The Balaban J connectivity index is 1.23. The van der Waals surface area contributed by atoms with Crippen molar-refractivity contribution in [1.29, 1.82) is 0 Å². The minimum Gasteiger partial charge on any atom is -0.497 e. The third-order valence-corrected chi connectivity index (χ3v) is 13.2. The van der Waals surface area contributed by atoms with E-state index >= 15 is 0 Å². The maximum atomic E-state index is 14.6. The molecule has 4 heterocycles. The van der Waals surface area contributed by atoms with E-state index in [0.29, 0.717) is 41.8 Å². The standard InChI is InChI=1S/C41H53N7O10S2/c1-23(2)42-38-44-32(22-59-38)31-18-24-17-26(55-6)10-13-29(24)35(43-31)57-27-19-33-34(49)46-41(37(51)47-60(53,54)28-11-12-28)20-25(41)9-7-8-15-56-16-14-30(36(50)48(33)21-27)45-39(52)58-40(3,4)5/h7,9-10,13,17-18,22-23,25,27-28,30,33H,8,11-12,14-16,19-21H2,1-6H3,(H,42,44)(H,45,52)(H,46,49)(H,47,51)/t25-,27?,30+,33+,41-/m1/s1. The Morgan fingerprint density at radius 3 is 2.58 bits per heavy atom. The Bertz CT molecular complexity index is 2270. The summed E-state index contributed by atoms with van der Waals surface area (Å²) in [5.74, 6) is -1.74. The largest absolute Gasteiger partial charge is 0.497 e. The van der Waals surface area contributed by atoms with Crippen LogP contribution in [0.2, 0.25) is 0 Å². The Morgan fingerprint density at radius 2 is 1.87 bits per heavy atom. The number of carbonyl (C=O) groups is 4. The predicted octanol–water partition coefficient (Wildman–Crippen LogP) is 4.28. The lowest BCUT2D eigenvalue weighted by Gasteiger charge is -2.30. The molecule has 2 aromatic heterocycles. The summed E-state index contributed by atoms with van der Waals surface area (Å²) in [5, 5.41) is 12.2. The normalized spacial score (nSPS) is 25.0. The van der Waals surface area contributed by atoms with E-state index in [1.54, 1.807) is 40.0 Å². The van der Waals surface area contributed by atoms with Crippen molar-refractivity contribution in [3.05, 3.63) is 41.8 Å². The molecular formula is C41H53N7O10S2. The second-order valence-electron chi connectivity index (χ2n) is 17.0. The predicted molar refractivity (Wildman–Crippen MR) is 224 cm³/mol. The SMILES string of the molecule is COc1ccc2c(OC3C[C@H]4C(=O)N[C@]5(C(=O)NS(=O)(=O)C6CC6)C[C@H]5C=CCCOCC[C@H](NC(=O)OC(C)(C)C)C(=O)N4C3)nc(-c3csc(NC(C)C)n3)cc2c1. The molecule has 4 amide bonds. The monoisotopic (exact) mass is 867 g/mol. The van der Waals surface area contributed by atoms with E-state index in [2.05, 4.69) is 20.7 Å². The van der Waals surface area contributed by atoms with E-state index < -0.39 is 74.3 Å². The van der Waals surface area contributed by atoms with E-state index in [1.807, 2.05) is 43.5 Å². The molecule has 60 heavy (non-hydrogen) atoms. The van der Waals surface area contributed by atoms with Crippen molar-refractivity contribution >= 4 is 61.1 Å². The maximum Gasteiger partial charge on any atom is 0.408 e. The van der Waals surface area contributed by atoms with Crippen LogP contribution in [0.3, 0.4) is 0 Å². The minimum absolute atomic E-state index is 0.0193. The number of pyridine rings is 1. The van der Waals surface area contributed by atoms with Gasteiger partial charge in [0.25, 0.3) is 5.91 Å². The zero-order valence-corrected chi connectivity index (χ0v) is 36.2. The Hall–Kier alpha value is -5.01. The summed E-state index contributed by atoms with van der Waals surface area (Å²) in [6.07, 6.45) is 3.56. The van der Waals surface area contributed by atoms with Crippen LogP contribution in [0.5, 0.6) is 11.6 Å². The first-order chi connectivity index (χ1) is 28.4. The molecule has 19 heteroatoms. The van der Waals surface area contributed by atoms with E-state index in [-0.39, 0.29) is 50.9 Å². The summed E-state index contributed by atoms with van der Waals surface area (Å²) < 4.78 is 51.6. The van der Waals surface area contributed by atoms with Crippen LogP contribution in [-0.4, -0.2) is 115 Å². The van der Waals surface area contributed by atoms with Gasteiger partial charge in [0.15, 0.2) is 5.13 Å². The first kappa shape index (κ1) is 43.1. The molecule has 2 aliphatic carbocycles. The number of hydrogen-bond donors (Lipinski definition) is 4. The van der Waals surface area contributed by atoms with Crippen LogP contribution in [0, 0.1) is 5.92 Å². The van der Waals surface area contributed by atoms with Gasteiger partial charge in [0.05, 0.1) is 31.2 Å². The van der Waals surface area contributed by atoms with Crippen LogP contribution in [0.1, 0.15) is 73.1 Å². The first-order valence-corrected chi connectivity index (χ1v) is 22.7. The quantitative estimate of drug-likeness (QED) is 0.210. The molecule has 7 rings (SSSR count). The van der Waals surface area contributed by atoms with Gasteiger partial charge in [-0.25, -0.2) is 23.2 Å². The van der Waals surface area contributed by atoms with E-state index in [0.717, 1.165) is 10.5 Å². The van der Waals surface area contributed by atoms with Gasteiger partial charge >= 0.3 is 6.09 Å². The molecule has 4 aliphatic rings. The molecule has 5 atom stereocenters. The summed E-state index contributed by atoms with van der Waals surface area (Å²) >= 11 is 1.44. The molecular weight excluding hydrogens is 815 g/mol. The van der Waals surface area contributed by atoms with Gasteiger partial charge in [-0.15, -0.1) is 11.3 Å². The molecule has 1 unspecified atom stereocenters. The molecule has 1 saturated heterocycles. The van der Waals surface area contributed by atoms with Crippen LogP contribution >= 0.6 is 11.3 Å². The fourth-order valence-corrected chi connectivity index (χ4v) is 9.59. The fraction of sp³-hybridized carbons (Fsp3) is 0.561. The number of ether oxygens (including phenoxy) is 4. The zero-order valence-electron chi connectivity index (χ0n) is 34.6. The van der Waals surface area contributed by atoms with Gasteiger partial charge in [0.2, 0.25) is 27.7 Å². The van der Waals surface area contributed by atoms with Crippen molar-refractivity contribution < 1.29 is 46.5 Å². The van der Waals surface area contributed by atoms with Gasteiger partial charge in [0.1, 0.15) is 40.8 Å². The molecule has 4 N–H and O–H groups in total. The molecule has 2 saturated carbocycles. The molecule has 17 nitrogen and oxygen atoms in total. The minimum atomic E-state index is -3.94. The summed E-state index contributed by atoms with van der Waals surface area (Å²) in [7, 11) is -2.36. The van der Waals surface area contributed by atoms with Crippen molar-refractivity contribution in [2.24, 2.45) is 5.92 Å². The van der Waals surface area contributed by atoms with Crippen LogP contribution in [0.15, 0.2) is 41.8 Å². The number of nitrogens with one attached hydrogen (secondary N) is 4. The Morgan fingerprint density at radius 1 is 1.08 bits per heavy atom. The summed E-state index contributed by atoms with van der Waals surface area (Å²) in [6.45, 7) is 9.45. The second kappa shape index (κ2) is 17.2. The van der Waals surface area contributed by atoms with E-state index in [9.17, 15) is 27.6 Å². The molecule has 0 spiro atoms. The van der Waals surface area contributed by atoms with Crippen LogP contribution < -0.4 is 30.1 Å².